The number of hydrogen-bond donors (Lipinski definition) is 2. The van der Waals surface area contributed by atoms with Crippen LogP contribution in [0.25, 0.3) is 0 Å². The van der Waals surface area contributed by atoms with E-state index in [0.717, 1.165) is 35.7 Å². The summed E-state index contributed by atoms with van der Waals surface area (Å²) >= 11 is 8.00. The van der Waals surface area contributed by atoms with Crippen LogP contribution in [0.5, 0.6) is 0 Å². The number of unbranched alkanes of at least 4 members (excludes halogenated alkanes) is 4. The van der Waals surface area contributed by atoms with Crippen molar-refractivity contribution < 1.29 is 14.7 Å². The molecule has 0 atom stereocenters. The van der Waals surface area contributed by atoms with E-state index >= 15 is 0 Å². The number of carboxylic acid groups (broad SMARTS) is 1. The molecule has 0 fully saturated rings. The molecule has 0 saturated heterocycles. The zero-order valence-corrected chi connectivity index (χ0v) is 14.6. The van der Waals surface area contributed by atoms with Crippen LogP contribution in [-0.4, -0.2) is 23.5 Å². The van der Waals surface area contributed by atoms with E-state index in [4.69, 9.17) is 16.7 Å². The van der Waals surface area contributed by atoms with Crippen LogP contribution in [0.3, 0.4) is 0 Å². The predicted molar refractivity (Wildman–Crippen MR) is 91.8 cm³/mol. The van der Waals surface area contributed by atoms with Crippen molar-refractivity contribution in [1.82, 2.24) is 5.32 Å². The molecule has 0 aliphatic rings. The Kier molecular flexibility index (Phi) is 8.68. The number of nitrogens with one attached hydrogen (secondary N) is 1. The molecule has 21 heavy (non-hydrogen) atoms. The Morgan fingerprint density at radius 3 is 2.52 bits per heavy atom. The minimum Gasteiger partial charge on any atom is -0.481 e. The molecule has 1 rings (SSSR count). The second-order valence-corrected chi connectivity index (χ2v) is 6.39. The van der Waals surface area contributed by atoms with Gasteiger partial charge in [0.15, 0.2) is 0 Å². The maximum Gasteiger partial charge on any atom is 0.303 e. The van der Waals surface area contributed by atoms with Gasteiger partial charge < -0.3 is 10.4 Å². The van der Waals surface area contributed by atoms with E-state index in [9.17, 15) is 9.59 Å². The van der Waals surface area contributed by atoms with Gasteiger partial charge >= 0.3 is 5.97 Å². The van der Waals surface area contributed by atoms with Crippen LogP contribution in [0.4, 0.5) is 0 Å². The minimum absolute atomic E-state index is 0.104. The first-order valence-corrected chi connectivity index (χ1v) is 8.41. The van der Waals surface area contributed by atoms with Crippen molar-refractivity contribution in [1.29, 1.82) is 0 Å². The third kappa shape index (κ3) is 7.66. The molecule has 4 nitrogen and oxygen atoms in total. The van der Waals surface area contributed by atoms with Crippen molar-refractivity contribution in [2.45, 2.75) is 38.5 Å². The highest BCUT2D eigenvalue weighted by atomic mass is 127. The van der Waals surface area contributed by atoms with Crippen LogP contribution >= 0.6 is 34.2 Å². The third-order valence-electron chi connectivity index (χ3n) is 3.03. The van der Waals surface area contributed by atoms with Crippen LogP contribution < -0.4 is 5.32 Å². The molecule has 2 N–H and O–H groups in total. The van der Waals surface area contributed by atoms with Crippen LogP contribution in [0.1, 0.15) is 48.9 Å². The second-order valence-electron chi connectivity index (χ2n) is 4.79. The van der Waals surface area contributed by atoms with E-state index < -0.39 is 5.97 Å². The molecule has 0 aliphatic heterocycles. The first-order valence-electron chi connectivity index (χ1n) is 6.95. The van der Waals surface area contributed by atoms with Gasteiger partial charge in [-0.15, -0.1) is 0 Å². The first-order chi connectivity index (χ1) is 10.0. The fourth-order valence-electron chi connectivity index (χ4n) is 1.90. The van der Waals surface area contributed by atoms with Gasteiger partial charge in [0.2, 0.25) is 0 Å². The summed E-state index contributed by atoms with van der Waals surface area (Å²) in [6.07, 6.45) is 4.78. The Morgan fingerprint density at radius 2 is 1.81 bits per heavy atom. The molecule has 0 radical (unpaired) electrons. The lowest BCUT2D eigenvalue weighted by atomic mass is 10.1. The first kappa shape index (κ1) is 18.2. The SMILES string of the molecule is O=C(O)CCCCCCCNC(=O)c1cc(Cl)ccc1I. The molecule has 1 aromatic carbocycles. The summed E-state index contributed by atoms with van der Waals surface area (Å²) < 4.78 is 0.878. The lowest BCUT2D eigenvalue weighted by molar-refractivity contribution is -0.137. The maximum absolute atomic E-state index is 12.0. The zero-order chi connectivity index (χ0) is 15.7. The number of hydrogen-bond acceptors (Lipinski definition) is 2. The van der Waals surface area contributed by atoms with Gasteiger partial charge in [-0.25, -0.2) is 0 Å². The number of carbonyl (C=O) groups excluding carboxylic acids is 1. The number of rotatable bonds is 9. The van der Waals surface area contributed by atoms with Crippen LogP contribution in [0.15, 0.2) is 18.2 Å². The van der Waals surface area contributed by atoms with E-state index in [0.29, 0.717) is 17.1 Å². The second kappa shape index (κ2) is 10.00. The van der Waals surface area contributed by atoms with Gasteiger partial charge in [-0.2, -0.15) is 0 Å². The highest BCUT2D eigenvalue weighted by molar-refractivity contribution is 14.1. The van der Waals surface area contributed by atoms with Crippen LogP contribution in [0, 0.1) is 3.57 Å². The van der Waals surface area contributed by atoms with E-state index in [1.54, 1.807) is 12.1 Å². The molecular formula is C15H19ClINO3. The molecule has 6 heteroatoms. The molecule has 0 aliphatic carbocycles. The van der Waals surface area contributed by atoms with Crippen molar-refractivity contribution in [2.24, 2.45) is 0 Å². The van der Waals surface area contributed by atoms with Crippen molar-refractivity contribution in [3.63, 3.8) is 0 Å². The summed E-state index contributed by atoms with van der Waals surface area (Å²) in [6.45, 7) is 0.625. The van der Waals surface area contributed by atoms with Gasteiger partial charge in [0.1, 0.15) is 0 Å². The highest BCUT2D eigenvalue weighted by Gasteiger charge is 2.09. The predicted octanol–water partition coefficient (Wildman–Crippen LogP) is 4.10. The average molecular weight is 424 g/mol. The number of carbonyl (C=O) groups is 2. The summed E-state index contributed by atoms with van der Waals surface area (Å²) in [4.78, 5) is 22.3. The molecule has 0 bridgehead atoms. The van der Waals surface area contributed by atoms with Crippen molar-refractivity contribution in [3.05, 3.63) is 32.4 Å². The smallest absolute Gasteiger partial charge is 0.303 e. The molecule has 0 unspecified atom stereocenters. The van der Waals surface area contributed by atoms with E-state index in [2.05, 4.69) is 27.9 Å². The Bertz CT molecular complexity index is 494. The topological polar surface area (TPSA) is 66.4 Å². The molecule has 0 heterocycles. The van der Waals surface area contributed by atoms with Gasteiger partial charge in [-0.3, -0.25) is 9.59 Å². The monoisotopic (exact) mass is 423 g/mol. The van der Waals surface area contributed by atoms with Crippen LogP contribution in [0.2, 0.25) is 5.02 Å². The average Bonchev–Trinajstić information content (AvgIpc) is 2.43. The fourth-order valence-corrected chi connectivity index (χ4v) is 2.65. The summed E-state index contributed by atoms with van der Waals surface area (Å²) in [5.74, 6) is -0.842. The summed E-state index contributed by atoms with van der Waals surface area (Å²) in [5, 5.41) is 11.9. The summed E-state index contributed by atoms with van der Waals surface area (Å²) in [5.41, 5.74) is 0.601. The summed E-state index contributed by atoms with van der Waals surface area (Å²) in [6, 6.07) is 5.25. The standard InChI is InChI=1S/C15H19ClINO3/c16-11-7-8-13(17)12(10-11)15(21)18-9-5-3-1-2-4-6-14(19)20/h7-8,10H,1-6,9H2,(H,18,21)(H,19,20). The van der Waals surface area contributed by atoms with Gasteiger partial charge in [-0.05, 0) is 53.6 Å². The number of halogens is 2. The van der Waals surface area contributed by atoms with E-state index in [1.165, 1.54) is 0 Å². The quantitative estimate of drug-likeness (QED) is 0.464. The minimum atomic E-state index is -0.738. The fraction of sp³-hybridized carbons (Fsp3) is 0.467. The lowest BCUT2D eigenvalue weighted by Gasteiger charge is -2.07. The van der Waals surface area contributed by atoms with Gasteiger partial charge in [-0.1, -0.05) is 30.9 Å². The maximum atomic E-state index is 12.0. The molecule has 116 valence electrons. The largest absolute Gasteiger partial charge is 0.481 e. The van der Waals surface area contributed by atoms with Crippen LogP contribution in [-0.2, 0) is 4.79 Å². The van der Waals surface area contributed by atoms with Gasteiger partial charge in [0.25, 0.3) is 5.91 Å². The van der Waals surface area contributed by atoms with Crippen molar-refractivity contribution in [3.8, 4) is 0 Å². The third-order valence-corrected chi connectivity index (χ3v) is 4.20. The molecule has 1 aromatic rings. The lowest BCUT2D eigenvalue weighted by Crippen LogP contribution is -2.25. The Hall–Kier alpha value is -0.820. The number of carboxylic acids is 1. The number of aliphatic carboxylic acids is 1. The molecular weight excluding hydrogens is 405 g/mol. The zero-order valence-electron chi connectivity index (χ0n) is 11.7. The molecule has 0 aromatic heterocycles. The molecule has 0 saturated carbocycles. The van der Waals surface area contributed by atoms with Gasteiger partial charge in [0.05, 0.1) is 5.56 Å². The van der Waals surface area contributed by atoms with Crippen molar-refractivity contribution in [2.75, 3.05) is 6.54 Å². The highest BCUT2D eigenvalue weighted by Crippen LogP contribution is 2.17. The number of amides is 1. The Balaban J connectivity index is 2.16. The summed E-state index contributed by atoms with van der Waals surface area (Å²) in [7, 11) is 0. The normalized spacial score (nSPS) is 10.4. The number of benzene rings is 1. The Morgan fingerprint density at radius 1 is 1.14 bits per heavy atom. The van der Waals surface area contributed by atoms with E-state index in [1.807, 2.05) is 6.07 Å². The molecule has 0 spiro atoms. The van der Waals surface area contributed by atoms with E-state index in [-0.39, 0.29) is 12.3 Å². The Labute approximate surface area is 143 Å². The van der Waals surface area contributed by atoms with Crippen molar-refractivity contribution >= 4 is 46.1 Å². The van der Waals surface area contributed by atoms with Gasteiger partial charge in [0, 0.05) is 21.6 Å². The molecule has 1 amide bonds.